The Labute approximate surface area is 173 Å². The zero-order valence-corrected chi connectivity index (χ0v) is 17.3. The molecule has 1 saturated carbocycles. The molecule has 148 valence electrons. The predicted octanol–water partition coefficient (Wildman–Crippen LogP) is 5.26. The van der Waals surface area contributed by atoms with Gasteiger partial charge in [-0.3, -0.25) is 0 Å². The van der Waals surface area contributed by atoms with Crippen LogP contribution in [-0.4, -0.2) is 23.1 Å². The van der Waals surface area contributed by atoms with Gasteiger partial charge in [0.05, 0.1) is 16.8 Å². The van der Waals surface area contributed by atoms with Gasteiger partial charge in [0.15, 0.2) is 5.13 Å². The van der Waals surface area contributed by atoms with Crippen LogP contribution in [0.1, 0.15) is 37.7 Å². The number of nitrogens with two attached hydrogens (primary N) is 1. The van der Waals surface area contributed by atoms with E-state index in [0.717, 1.165) is 20.9 Å². The normalized spacial score (nSPS) is 14.9. The van der Waals surface area contributed by atoms with Crippen molar-refractivity contribution >= 4 is 44.1 Å². The number of pyridine rings is 1. The van der Waals surface area contributed by atoms with Crippen molar-refractivity contribution in [2.75, 3.05) is 18.2 Å². The quantitative estimate of drug-likeness (QED) is 0.568. The number of halogens is 1. The summed E-state index contributed by atoms with van der Waals surface area (Å²) in [4.78, 5) is 8.71. The summed E-state index contributed by atoms with van der Waals surface area (Å²) < 4.78 is 12.5. The Morgan fingerprint density at radius 1 is 1.29 bits per heavy atom. The molecule has 0 bridgehead atoms. The molecule has 1 fully saturated rings. The van der Waals surface area contributed by atoms with Crippen LogP contribution in [0.25, 0.3) is 10.2 Å². The number of benzene rings is 1. The molecule has 3 N–H and O–H groups in total. The second-order valence-corrected chi connectivity index (χ2v) is 8.34. The summed E-state index contributed by atoms with van der Waals surface area (Å²) >= 11 is 7.82. The molecule has 1 aromatic carbocycles. The molecule has 0 amide bonds. The molecule has 2 aromatic heterocycles. The second kappa shape index (κ2) is 8.41. The molecule has 6 nitrogen and oxygen atoms in total. The summed E-state index contributed by atoms with van der Waals surface area (Å²) in [6.45, 7) is 0.298. The Bertz CT molecular complexity index is 972. The summed E-state index contributed by atoms with van der Waals surface area (Å²) in [5.41, 5.74) is 7.40. The molecule has 8 heteroatoms. The smallest absolute Gasteiger partial charge is 0.184 e. The van der Waals surface area contributed by atoms with E-state index in [4.69, 9.17) is 31.8 Å². The van der Waals surface area contributed by atoms with E-state index in [-0.39, 0.29) is 0 Å². The highest BCUT2D eigenvalue weighted by Gasteiger charge is 2.17. The minimum atomic E-state index is 0.298. The van der Waals surface area contributed by atoms with Crippen molar-refractivity contribution in [3.05, 3.63) is 35.0 Å². The fourth-order valence-electron chi connectivity index (χ4n) is 3.47. The Balaban J connectivity index is 1.54. The maximum absolute atomic E-state index is 6.20. The lowest BCUT2D eigenvalue weighted by molar-refractivity contribution is 0.304. The monoisotopic (exact) mass is 418 g/mol. The minimum Gasteiger partial charge on any atom is -0.494 e. The number of hydrogen-bond acceptors (Lipinski definition) is 7. The number of rotatable bonds is 6. The lowest BCUT2D eigenvalue weighted by Gasteiger charge is -2.22. The van der Waals surface area contributed by atoms with Gasteiger partial charge in [0.1, 0.15) is 29.4 Å². The first kappa shape index (κ1) is 19.1. The molecule has 4 rings (SSSR count). The van der Waals surface area contributed by atoms with Gasteiger partial charge in [-0.2, -0.15) is 0 Å². The summed E-state index contributed by atoms with van der Waals surface area (Å²) in [5, 5.41) is 4.94. The van der Waals surface area contributed by atoms with E-state index in [1.807, 2.05) is 12.1 Å². The van der Waals surface area contributed by atoms with Crippen LogP contribution in [0.4, 0.5) is 10.9 Å². The predicted molar refractivity (Wildman–Crippen MR) is 115 cm³/mol. The van der Waals surface area contributed by atoms with Crippen molar-refractivity contribution in [2.24, 2.45) is 0 Å². The van der Waals surface area contributed by atoms with Gasteiger partial charge in [0.25, 0.3) is 0 Å². The van der Waals surface area contributed by atoms with Gasteiger partial charge in [0.2, 0.25) is 0 Å². The number of aromatic nitrogens is 2. The molecule has 0 saturated heterocycles. The molecule has 0 aliphatic heterocycles. The van der Waals surface area contributed by atoms with Crippen LogP contribution in [0, 0.1) is 0 Å². The van der Waals surface area contributed by atoms with Crippen LogP contribution in [0.3, 0.4) is 0 Å². The molecule has 28 heavy (non-hydrogen) atoms. The fraction of sp³-hybridized carbons (Fsp3) is 0.400. The van der Waals surface area contributed by atoms with Gasteiger partial charge < -0.3 is 20.5 Å². The number of nitrogen functional groups attached to an aromatic ring is 1. The molecule has 3 aromatic rings. The number of thiazole rings is 1. The summed E-state index contributed by atoms with van der Waals surface area (Å²) in [6.07, 6.45) is 7.93. The van der Waals surface area contributed by atoms with Crippen LogP contribution in [0.5, 0.6) is 11.5 Å². The second-order valence-electron chi connectivity index (χ2n) is 6.93. The summed E-state index contributed by atoms with van der Waals surface area (Å²) in [7, 11) is 1.65. The first-order chi connectivity index (χ1) is 13.6. The molecule has 1 aliphatic carbocycles. The van der Waals surface area contributed by atoms with Crippen LogP contribution in [0.2, 0.25) is 5.02 Å². The number of ether oxygens (including phenoxy) is 2. The molecule has 0 atom stereocenters. The highest BCUT2D eigenvalue weighted by molar-refractivity contribution is 7.22. The Morgan fingerprint density at radius 3 is 2.89 bits per heavy atom. The number of nitrogens with zero attached hydrogens (tertiary/aromatic N) is 2. The largest absolute Gasteiger partial charge is 0.494 e. The van der Waals surface area contributed by atoms with Gasteiger partial charge in [-0.25, -0.2) is 9.97 Å². The average Bonchev–Trinajstić information content (AvgIpc) is 3.11. The number of fused-ring (bicyclic) bond motifs is 1. The Hall–Kier alpha value is -2.25. The molecular formula is C20H23ClN4O2S. The van der Waals surface area contributed by atoms with Crippen molar-refractivity contribution in [1.29, 1.82) is 0 Å². The molecular weight excluding hydrogens is 396 g/mol. The zero-order valence-electron chi connectivity index (χ0n) is 15.7. The highest BCUT2D eigenvalue weighted by Crippen LogP contribution is 2.37. The summed E-state index contributed by atoms with van der Waals surface area (Å²) in [6, 6.07) is 6.15. The minimum absolute atomic E-state index is 0.298. The molecule has 1 aliphatic rings. The van der Waals surface area contributed by atoms with Gasteiger partial charge >= 0.3 is 0 Å². The van der Waals surface area contributed by atoms with E-state index in [2.05, 4.69) is 10.3 Å². The molecule has 0 spiro atoms. The van der Waals surface area contributed by atoms with Crippen LogP contribution in [-0.2, 0) is 6.61 Å². The maximum Gasteiger partial charge on any atom is 0.184 e. The van der Waals surface area contributed by atoms with Crippen molar-refractivity contribution < 1.29 is 9.47 Å². The highest BCUT2D eigenvalue weighted by atomic mass is 35.5. The van der Waals surface area contributed by atoms with E-state index in [9.17, 15) is 0 Å². The molecule has 0 unspecified atom stereocenters. The van der Waals surface area contributed by atoms with Gasteiger partial charge in [-0.05, 0) is 25.0 Å². The van der Waals surface area contributed by atoms with Gasteiger partial charge in [-0.1, -0.05) is 42.2 Å². The van der Waals surface area contributed by atoms with Crippen LogP contribution >= 0.6 is 22.9 Å². The van der Waals surface area contributed by atoms with Crippen LogP contribution in [0.15, 0.2) is 24.4 Å². The summed E-state index contributed by atoms with van der Waals surface area (Å²) in [5.74, 6) is 1.70. The SMILES string of the molecule is COc1cc(OCc2ccnc(N)c2Cl)cc2sc(NC3CCCCC3)nc12. The lowest BCUT2D eigenvalue weighted by atomic mass is 9.96. The van der Waals surface area contributed by atoms with Crippen molar-refractivity contribution in [3.8, 4) is 11.5 Å². The average molecular weight is 419 g/mol. The number of nitrogens with one attached hydrogen (secondary N) is 1. The molecule has 2 heterocycles. The zero-order chi connectivity index (χ0) is 19.5. The maximum atomic E-state index is 6.20. The number of hydrogen-bond donors (Lipinski definition) is 2. The molecule has 0 radical (unpaired) electrons. The first-order valence-electron chi connectivity index (χ1n) is 9.41. The standard InChI is InChI=1S/C20H23ClN4O2S/c1-26-15-9-14(27-11-12-7-8-23-19(22)17(12)21)10-16-18(15)25-20(28-16)24-13-5-3-2-4-6-13/h7-10,13H,2-6,11H2,1H3,(H2,22,23)(H,24,25). The van der Waals surface area contributed by atoms with Gasteiger partial charge in [0, 0.05) is 23.9 Å². The third kappa shape index (κ3) is 4.10. The lowest BCUT2D eigenvalue weighted by Crippen LogP contribution is -2.21. The Morgan fingerprint density at radius 2 is 2.11 bits per heavy atom. The van der Waals surface area contributed by atoms with E-state index in [0.29, 0.717) is 35.0 Å². The van der Waals surface area contributed by atoms with E-state index >= 15 is 0 Å². The van der Waals surface area contributed by atoms with Crippen LogP contribution < -0.4 is 20.5 Å². The topological polar surface area (TPSA) is 82.3 Å². The van der Waals surface area contributed by atoms with E-state index in [1.165, 1.54) is 32.1 Å². The van der Waals surface area contributed by atoms with E-state index < -0.39 is 0 Å². The third-order valence-electron chi connectivity index (χ3n) is 4.98. The van der Waals surface area contributed by atoms with E-state index in [1.54, 1.807) is 30.7 Å². The fourth-order valence-corrected chi connectivity index (χ4v) is 4.63. The van der Waals surface area contributed by atoms with Crippen molar-refractivity contribution in [1.82, 2.24) is 9.97 Å². The Kier molecular flexibility index (Phi) is 5.73. The van der Waals surface area contributed by atoms with Gasteiger partial charge in [-0.15, -0.1) is 0 Å². The van der Waals surface area contributed by atoms with Crippen molar-refractivity contribution in [2.45, 2.75) is 44.8 Å². The third-order valence-corrected chi connectivity index (χ3v) is 6.35. The number of anilines is 2. The van der Waals surface area contributed by atoms with Crippen molar-refractivity contribution in [3.63, 3.8) is 0 Å². The number of methoxy groups -OCH3 is 1. The first-order valence-corrected chi connectivity index (χ1v) is 10.6.